The molecule has 0 aliphatic carbocycles. The molecule has 7 heteroatoms. The van der Waals surface area contributed by atoms with E-state index in [0.29, 0.717) is 17.1 Å². The lowest BCUT2D eigenvalue weighted by atomic mass is 10.2. The third-order valence-corrected chi connectivity index (χ3v) is 3.74. The number of amides is 3. The number of carbonyl (C=O) groups is 3. The second kappa shape index (κ2) is 10.2. The fraction of sp³-hybridized carbons (Fsp3) is 0.211. The van der Waals surface area contributed by atoms with E-state index < -0.39 is 0 Å². The standard InChI is InChI=1S/C19H20ClN3O3/c20-16-8-4-7-15(11-16)19(26)23-13-18(25)21-10-9-17(24)22-12-14-5-2-1-3-6-14/h1-8,11H,9-10,12-13H2,(H,21,25)(H,22,24)(H,23,26). The summed E-state index contributed by atoms with van der Waals surface area (Å²) in [6.45, 7) is 0.479. The van der Waals surface area contributed by atoms with E-state index >= 15 is 0 Å². The van der Waals surface area contributed by atoms with Gasteiger partial charge in [-0.25, -0.2) is 0 Å². The van der Waals surface area contributed by atoms with Gasteiger partial charge in [-0.15, -0.1) is 0 Å². The number of nitrogens with one attached hydrogen (secondary N) is 3. The van der Waals surface area contributed by atoms with Crippen LogP contribution in [0.5, 0.6) is 0 Å². The molecule has 0 saturated carbocycles. The SMILES string of the molecule is O=C(CCNC(=O)CNC(=O)c1cccc(Cl)c1)NCc1ccccc1. The summed E-state index contributed by atoms with van der Waals surface area (Å²) in [5.41, 5.74) is 1.39. The van der Waals surface area contributed by atoms with Crippen molar-refractivity contribution in [2.45, 2.75) is 13.0 Å². The van der Waals surface area contributed by atoms with Crippen LogP contribution in [0.4, 0.5) is 0 Å². The Bertz CT molecular complexity index is 766. The molecule has 26 heavy (non-hydrogen) atoms. The average Bonchev–Trinajstić information content (AvgIpc) is 2.65. The van der Waals surface area contributed by atoms with Crippen LogP contribution in [0.25, 0.3) is 0 Å². The van der Waals surface area contributed by atoms with E-state index in [1.54, 1.807) is 18.2 Å². The normalized spacial score (nSPS) is 10.0. The van der Waals surface area contributed by atoms with Crippen molar-refractivity contribution in [3.8, 4) is 0 Å². The topological polar surface area (TPSA) is 87.3 Å². The van der Waals surface area contributed by atoms with Gasteiger partial charge in [-0.2, -0.15) is 0 Å². The third kappa shape index (κ3) is 6.94. The molecule has 136 valence electrons. The van der Waals surface area contributed by atoms with Gasteiger partial charge in [0, 0.05) is 30.1 Å². The van der Waals surface area contributed by atoms with Gasteiger partial charge in [0.2, 0.25) is 11.8 Å². The first-order chi connectivity index (χ1) is 12.5. The second-order valence-corrected chi connectivity index (χ2v) is 5.99. The minimum absolute atomic E-state index is 0.155. The Labute approximate surface area is 156 Å². The van der Waals surface area contributed by atoms with Gasteiger partial charge in [0.1, 0.15) is 0 Å². The van der Waals surface area contributed by atoms with E-state index in [-0.39, 0.29) is 37.2 Å². The zero-order valence-electron chi connectivity index (χ0n) is 14.1. The Hall–Kier alpha value is -2.86. The molecule has 0 heterocycles. The first kappa shape index (κ1) is 19.5. The molecule has 2 rings (SSSR count). The maximum atomic E-state index is 11.9. The van der Waals surface area contributed by atoms with Gasteiger partial charge in [-0.3, -0.25) is 14.4 Å². The third-order valence-electron chi connectivity index (χ3n) is 3.50. The van der Waals surface area contributed by atoms with E-state index in [0.717, 1.165) is 5.56 Å². The number of hydrogen-bond donors (Lipinski definition) is 3. The Kier molecular flexibility index (Phi) is 7.64. The molecule has 0 saturated heterocycles. The Morgan fingerprint density at radius 2 is 1.62 bits per heavy atom. The smallest absolute Gasteiger partial charge is 0.251 e. The van der Waals surface area contributed by atoms with E-state index in [4.69, 9.17) is 11.6 Å². The molecule has 0 aliphatic heterocycles. The molecule has 0 fully saturated rings. The van der Waals surface area contributed by atoms with Crippen LogP contribution < -0.4 is 16.0 Å². The monoisotopic (exact) mass is 373 g/mol. The van der Waals surface area contributed by atoms with Crippen LogP contribution in [0.3, 0.4) is 0 Å². The lowest BCUT2D eigenvalue weighted by Gasteiger charge is -2.08. The van der Waals surface area contributed by atoms with Gasteiger partial charge in [0.15, 0.2) is 0 Å². The summed E-state index contributed by atoms with van der Waals surface area (Å²) in [4.78, 5) is 35.3. The maximum absolute atomic E-state index is 11.9. The lowest BCUT2D eigenvalue weighted by Crippen LogP contribution is -2.38. The minimum atomic E-state index is -0.386. The lowest BCUT2D eigenvalue weighted by molar-refractivity contribution is -0.122. The van der Waals surface area contributed by atoms with Crippen molar-refractivity contribution in [2.24, 2.45) is 0 Å². The summed E-state index contributed by atoms with van der Waals surface area (Å²) >= 11 is 5.82. The van der Waals surface area contributed by atoms with Crippen molar-refractivity contribution in [3.63, 3.8) is 0 Å². The van der Waals surface area contributed by atoms with Crippen LogP contribution in [-0.2, 0) is 16.1 Å². The zero-order chi connectivity index (χ0) is 18.8. The number of rotatable bonds is 8. The zero-order valence-corrected chi connectivity index (χ0v) is 14.9. The number of halogens is 1. The van der Waals surface area contributed by atoms with Gasteiger partial charge in [-0.05, 0) is 23.8 Å². The summed E-state index contributed by atoms with van der Waals surface area (Å²) < 4.78 is 0. The highest BCUT2D eigenvalue weighted by molar-refractivity contribution is 6.30. The van der Waals surface area contributed by atoms with Gasteiger partial charge < -0.3 is 16.0 Å². The molecule has 0 aliphatic rings. The summed E-state index contributed by atoms with van der Waals surface area (Å²) in [7, 11) is 0. The number of hydrogen-bond acceptors (Lipinski definition) is 3. The molecule has 3 N–H and O–H groups in total. The highest BCUT2D eigenvalue weighted by Gasteiger charge is 2.09. The number of carbonyl (C=O) groups excluding carboxylic acids is 3. The fourth-order valence-corrected chi connectivity index (χ4v) is 2.35. The van der Waals surface area contributed by atoms with E-state index in [9.17, 15) is 14.4 Å². The van der Waals surface area contributed by atoms with Crippen molar-refractivity contribution in [2.75, 3.05) is 13.1 Å². The van der Waals surface area contributed by atoms with Gasteiger partial charge in [0.05, 0.1) is 6.54 Å². The highest BCUT2D eigenvalue weighted by Crippen LogP contribution is 2.10. The molecule has 0 unspecified atom stereocenters. The van der Waals surface area contributed by atoms with Crippen LogP contribution >= 0.6 is 11.6 Å². The van der Waals surface area contributed by atoms with Crippen LogP contribution in [-0.4, -0.2) is 30.8 Å². The predicted octanol–water partition coefficient (Wildman–Crippen LogP) is 1.89. The van der Waals surface area contributed by atoms with Crippen LogP contribution in [0.2, 0.25) is 5.02 Å². The second-order valence-electron chi connectivity index (χ2n) is 5.56. The van der Waals surface area contributed by atoms with E-state index in [2.05, 4.69) is 16.0 Å². The molecular weight excluding hydrogens is 354 g/mol. The average molecular weight is 374 g/mol. The quantitative estimate of drug-likeness (QED) is 0.660. The Morgan fingerprint density at radius 1 is 0.846 bits per heavy atom. The molecule has 0 radical (unpaired) electrons. The fourth-order valence-electron chi connectivity index (χ4n) is 2.16. The van der Waals surface area contributed by atoms with Gasteiger partial charge >= 0.3 is 0 Å². The summed E-state index contributed by atoms with van der Waals surface area (Å²) in [5.74, 6) is -0.906. The molecule has 0 aromatic heterocycles. The molecule has 2 aromatic rings. The number of benzene rings is 2. The molecule has 0 spiro atoms. The van der Waals surface area contributed by atoms with Crippen LogP contribution in [0.1, 0.15) is 22.3 Å². The molecular formula is C19H20ClN3O3. The maximum Gasteiger partial charge on any atom is 0.251 e. The highest BCUT2D eigenvalue weighted by atomic mass is 35.5. The van der Waals surface area contributed by atoms with Gasteiger partial charge in [-0.1, -0.05) is 48.0 Å². The summed E-state index contributed by atoms with van der Waals surface area (Å²) in [5, 5.41) is 8.31. The Morgan fingerprint density at radius 3 is 2.35 bits per heavy atom. The minimum Gasteiger partial charge on any atom is -0.354 e. The molecule has 2 aromatic carbocycles. The van der Waals surface area contributed by atoms with Crippen LogP contribution in [0.15, 0.2) is 54.6 Å². The molecule has 3 amide bonds. The van der Waals surface area contributed by atoms with Crippen molar-refractivity contribution >= 4 is 29.3 Å². The summed E-state index contributed by atoms with van der Waals surface area (Å²) in [6.07, 6.45) is 0.167. The largest absolute Gasteiger partial charge is 0.354 e. The Balaban J connectivity index is 1.61. The van der Waals surface area contributed by atoms with Crippen molar-refractivity contribution < 1.29 is 14.4 Å². The summed E-state index contributed by atoms with van der Waals surface area (Å²) in [6, 6.07) is 16.0. The van der Waals surface area contributed by atoms with Gasteiger partial charge in [0.25, 0.3) is 5.91 Å². The van der Waals surface area contributed by atoms with E-state index in [1.165, 1.54) is 6.07 Å². The molecule has 0 bridgehead atoms. The van der Waals surface area contributed by atoms with Crippen LogP contribution in [0, 0.1) is 0 Å². The molecule has 0 atom stereocenters. The van der Waals surface area contributed by atoms with Crippen molar-refractivity contribution in [1.82, 2.24) is 16.0 Å². The first-order valence-electron chi connectivity index (χ1n) is 8.15. The predicted molar refractivity (Wildman–Crippen MR) is 99.7 cm³/mol. The van der Waals surface area contributed by atoms with Crippen molar-refractivity contribution in [1.29, 1.82) is 0 Å². The molecule has 6 nitrogen and oxygen atoms in total. The van der Waals surface area contributed by atoms with Crippen molar-refractivity contribution in [3.05, 3.63) is 70.7 Å². The first-order valence-corrected chi connectivity index (χ1v) is 8.53. The van der Waals surface area contributed by atoms with E-state index in [1.807, 2.05) is 30.3 Å².